The van der Waals surface area contributed by atoms with Crippen molar-refractivity contribution in [1.82, 2.24) is 4.90 Å². The summed E-state index contributed by atoms with van der Waals surface area (Å²) in [5.41, 5.74) is 0. The van der Waals surface area contributed by atoms with Crippen LogP contribution in [0, 0.1) is 6.92 Å². The average molecular weight is 281 g/mol. The third-order valence-electron chi connectivity index (χ3n) is 3.75. The molecule has 1 fully saturated rings. The topological polar surface area (TPSA) is 45.8 Å². The Morgan fingerprint density at radius 2 is 2.30 bits per heavy atom. The molecular weight excluding hydrogens is 254 g/mol. The van der Waals surface area contributed by atoms with Crippen LogP contribution in [0.2, 0.25) is 0 Å². The third kappa shape index (κ3) is 4.93. The molecule has 1 aliphatic heterocycles. The second-order valence-corrected chi connectivity index (χ2v) is 5.78. The summed E-state index contributed by atoms with van der Waals surface area (Å²) in [5.74, 6) is 1.90. The number of rotatable bonds is 8. The van der Waals surface area contributed by atoms with Gasteiger partial charge < -0.3 is 14.3 Å². The van der Waals surface area contributed by atoms with Gasteiger partial charge in [0.15, 0.2) is 0 Å². The zero-order valence-corrected chi connectivity index (χ0v) is 12.7. The quantitative estimate of drug-likeness (QED) is 0.796. The van der Waals surface area contributed by atoms with E-state index in [9.17, 15) is 5.11 Å². The van der Waals surface area contributed by atoms with Gasteiger partial charge in [-0.15, -0.1) is 0 Å². The molecule has 0 spiro atoms. The van der Waals surface area contributed by atoms with E-state index < -0.39 is 0 Å². The van der Waals surface area contributed by atoms with Gasteiger partial charge in [-0.3, -0.25) is 4.90 Å². The molecular formula is C16H27NO3. The van der Waals surface area contributed by atoms with Gasteiger partial charge in [0.25, 0.3) is 0 Å². The molecule has 114 valence electrons. The Morgan fingerprint density at radius 3 is 2.90 bits per heavy atom. The maximum atomic E-state index is 10.1. The molecule has 0 saturated carbocycles. The van der Waals surface area contributed by atoms with Crippen LogP contribution in [0.25, 0.3) is 0 Å². The zero-order chi connectivity index (χ0) is 14.4. The molecule has 0 bridgehead atoms. The summed E-state index contributed by atoms with van der Waals surface area (Å²) >= 11 is 0. The maximum Gasteiger partial charge on any atom is 0.118 e. The predicted octanol–water partition coefficient (Wildman–Crippen LogP) is 2.73. The lowest BCUT2D eigenvalue weighted by atomic mass is 10.1. The van der Waals surface area contributed by atoms with Crippen molar-refractivity contribution < 1.29 is 14.3 Å². The molecule has 2 atom stereocenters. The first-order valence-electron chi connectivity index (χ1n) is 7.74. The molecule has 20 heavy (non-hydrogen) atoms. The standard InChI is InChI=1S/C16H27NO3/c1-3-5-14(18)10-17(11-15-6-4-9-19-15)12-16-8-7-13(2)20-16/h7-8,14-15,18H,3-6,9-12H2,1-2H3. The minimum absolute atomic E-state index is 0.266. The van der Waals surface area contributed by atoms with Gasteiger partial charge >= 0.3 is 0 Å². The SMILES string of the molecule is CCCC(O)CN(Cc1ccc(C)o1)CC1CCCO1. The van der Waals surface area contributed by atoms with Crippen LogP contribution in [0.4, 0.5) is 0 Å². The highest BCUT2D eigenvalue weighted by molar-refractivity contribution is 5.05. The Balaban J connectivity index is 1.91. The van der Waals surface area contributed by atoms with Gasteiger partial charge in [-0.2, -0.15) is 0 Å². The Hall–Kier alpha value is -0.840. The van der Waals surface area contributed by atoms with Crippen molar-refractivity contribution in [1.29, 1.82) is 0 Å². The fourth-order valence-corrected chi connectivity index (χ4v) is 2.79. The molecule has 4 heteroatoms. The molecule has 0 aliphatic carbocycles. The lowest BCUT2D eigenvalue weighted by molar-refractivity contribution is 0.0414. The van der Waals surface area contributed by atoms with Gasteiger partial charge in [-0.1, -0.05) is 13.3 Å². The Bertz CT molecular complexity index is 385. The lowest BCUT2D eigenvalue weighted by Gasteiger charge is -2.26. The normalized spacial score (nSPS) is 20.7. The maximum absolute atomic E-state index is 10.1. The molecule has 1 aromatic rings. The van der Waals surface area contributed by atoms with Crippen LogP contribution in [-0.4, -0.2) is 41.9 Å². The predicted molar refractivity (Wildman–Crippen MR) is 78.6 cm³/mol. The minimum atomic E-state index is -0.266. The monoisotopic (exact) mass is 281 g/mol. The summed E-state index contributed by atoms with van der Waals surface area (Å²) in [6, 6.07) is 4.01. The molecule has 0 amide bonds. The molecule has 4 nitrogen and oxygen atoms in total. The van der Waals surface area contributed by atoms with Gasteiger partial charge in [0.05, 0.1) is 18.8 Å². The van der Waals surface area contributed by atoms with E-state index in [0.717, 1.165) is 56.9 Å². The Labute approximate surface area is 121 Å². The number of aliphatic hydroxyl groups excluding tert-OH is 1. The van der Waals surface area contributed by atoms with Gasteiger partial charge in [0.2, 0.25) is 0 Å². The van der Waals surface area contributed by atoms with Crippen LogP contribution in [-0.2, 0) is 11.3 Å². The van der Waals surface area contributed by atoms with E-state index in [1.165, 1.54) is 0 Å². The number of hydrogen-bond acceptors (Lipinski definition) is 4. The number of furan rings is 1. The van der Waals surface area contributed by atoms with Crippen molar-refractivity contribution in [3.63, 3.8) is 0 Å². The van der Waals surface area contributed by atoms with Gasteiger partial charge in [-0.05, 0) is 38.3 Å². The van der Waals surface area contributed by atoms with E-state index in [-0.39, 0.29) is 6.10 Å². The van der Waals surface area contributed by atoms with Crippen molar-refractivity contribution in [3.8, 4) is 0 Å². The highest BCUT2D eigenvalue weighted by Crippen LogP contribution is 2.17. The van der Waals surface area contributed by atoms with E-state index >= 15 is 0 Å². The van der Waals surface area contributed by atoms with Gasteiger partial charge in [0, 0.05) is 19.7 Å². The summed E-state index contributed by atoms with van der Waals surface area (Å²) in [5, 5.41) is 10.1. The molecule has 2 heterocycles. The van der Waals surface area contributed by atoms with Crippen molar-refractivity contribution in [2.45, 2.75) is 58.3 Å². The molecule has 2 rings (SSSR count). The van der Waals surface area contributed by atoms with Crippen molar-refractivity contribution >= 4 is 0 Å². The van der Waals surface area contributed by atoms with E-state index in [4.69, 9.17) is 9.15 Å². The first kappa shape index (κ1) is 15.5. The number of nitrogens with zero attached hydrogens (tertiary/aromatic N) is 1. The Morgan fingerprint density at radius 1 is 1.45 bits per heavy atom. The van der Waals surface area contributed by atoms with Crippen LogP contribution < -0.4 is 0 Å². The largest absolute Gasteiger partial charge is 0.465 e. The van der Waals surface area contributed by atoms with Gasteiger partial charge in [0.1, 0.15) is 11.5 Å². The van der Waals surface area contributed by atoms with Crippen molar-refractivity contribution in [2.75, 3.05) is 19.7 Å². The van der Waals surface area contributed by atoms with E-state index in [2.05, 4.69) is 11.8 Å². The smallest absolute Gasteiger partial charge is 0.118 e. The van der Waals surface area contributed by atoms with Crippen molar-refractivity contribution in [2.24, 2.45) is 0 Å². The fraction of sp³-hybridized carbons (Fsp3) is 0.750. The summed E-state index contributed by atoms with van der Waals surface area (Å²) in [6.45, 7) is 7.24. The molecule has 1 N–H and O–H groups in total. The lowest BCUT2D eigenvalue weighted by Crippen LogP contribution is -2.37. The molecule has 0 radical (unpaired) electrons. The minimum Gasteiger partial charge on any atom is -0.465 e. The second kappa shape index (κ2) is 7.81. The van der Waals surface area contributed by atoms with Crippen LogP contribution >= 0.6 is 0 Å². The zero-order valence-electron chi connectivity index (χ0n) is 12.7. The molecule has 1 saturated heterocycles. The number of aliphatic hydroxyl groups is 1. The summed E-state index contributed by atoms with van der Waals surface area (Å²) in [4.78, 5) is 2.26. The van der Waals surface area contributed by atoms with Crippen LogP contribution in [0.3, 0.4) is 0 Å². The van der Waals surface area contributed by atoms with E-state index in [0.29, 0.717) is 12.6 Å². The summed E-state index contributed by atoms with van der Waals surface area (Å²) in [7, 11) is 0. The first-order valence-corrected chi connectivity index (χ1v) is 7.74. The van der Waals surface area contributed by atoms with E-state index in [1.807, 2.05) is 19.1 Å². The summed E-state index contributed by atoms with van der Waals surface area (Å²) < 4.78 is 11.4. The molecule has 1 aromatic heterocycles. The van der Waals surface area contributed by atoms with Crippen molar-refractivity contribution in [3.05, 3.63) is 23.7 Å². The van der Waals surface area contributed by atoms with Crippen LogP contribution in [0.15, 0.2) is 16.5 Å². The number of ether oxygens (including phenoxy) is 1. The number of hydrogen-bond donors (Lipinski definition) is 1. The highest BCUT2D eigenvalue weighted by atomic mass is 16.5. The highest BCUT2D eigenvalue weighted by Gasteiger charge is 2.21. The first-order chi connectivity index (χ1) is 9.67. The second-order valence-electron chi connectivity index (χ2n) is 5.78. The van der Waals surface area contributed by atoms with Gasteiger partial charge in [-0.25, -0.2) is 0 Å². The van der Waals surface area contributed by atoms with Crippen LogP contribution in [0.1, 0.15) is 44.1 Å². The molecule has 0 aromatic carbocycles. The summed E-state index contributed by atoms with van der Waals surface area (Å²) in [6.07, 6.45) is 4.17. The molecule has 1 aliphatic rings. The fourth-order valence-electron chi connectivity index (χ4n) is 2.79. The average Bonchev–Trinajstić information content (AvgIpc) is 3.01. The molecule has 2 unspecified atom stereocenters. The number of aryl methyl sites for hydroxylation is 1. The van der Waals surface area contributed by atoms with E-state index in [1.54, 1.807) is 0 Å². The Kier molecular flexibility index (Phi) is 6.07. The van der Waals surface area contributed by atoms with Crippen LogP contribution in [0.5, 0.6) is 0 Å². The third-order valence-corrected chi connectivity index (χ3v) is 3.75.